The number of carbonyl (C=O) groups is 1. The minimum absolute atomic E-state index is 0.0776. The minimum atomic E-state index is -0.689. The summed E-state index contributed by atoms with van der Waals surface area (Å²) in [4.78, 5) is 11.5. The highest BCUT2D eigenvalue weighted by Crippen LogP contribution is 2.49. The number of ether oxygens (including phenoxy) is 1. The van der Waals surface area contributed by atoms with Crippen molar-refractivity contribution in [2.75, 3.05) is 5.32 Å². The van der Waals surface area contributed by atoms with Gasteiger partial charge in [0.1, 0.15) is 0 Å². The van der Waals surface area contributed by atoms with E-state index in [1.807, 2.05) is 0 Å². The molecule has 1 heterocycles. The maximum Gasteiger partial charge on any atom is 0.268 e. The normalized spacial score (nSPS) is 21.0. The first kappa shape index (κ1) is 7.67. The zero-order chi connectivity index (χ0) is 9.76. The molecule has 1 aliphatic heterocycles. The lowest BCUT2D eigenvalue weighted by molar-refractivity contribution is -0.125. The van der Waals surface area contributed by atoms with Crippen molar-refractivity contribution in [2.45, 2.75) is 18.4 Å². The van der Waals surface area contributed by atoms with Gasteiger partial charge in [-0.3, -0.25) is 4.79 Å². The number of carbonyl (C=O) groups excluding carboxylic acids is 1. The molecule has 1 amide bonds. The summed E-state index contributed by atoms with van der Waals surface area (Å²) < 4.78 is 5.51. The summed E-state index contributed by atoms with van der Waals surface area (Å²) in [6.45, 7) is 0. The van der Waals surface area contributed by atoms with E-state index >= 15 is 0 Å². The van der Waals surface area contributed by atoms with E-state index in [9.17, 15) is 9.90 Å². The first-order chi connectivity index (χ1) is 6.71. The van der Waals surface area contributed by atoms with Gasteiger partial charge >= 0.3 is 0 Å². The van der Waals surface area contributed by atoms with Crippen LogP contribution in [0.25, 0.3) is 0 Å². The SMILES string of the molecule is O=C1Nc2cccc(O)c2OC12CC2. The average Bonchev–Trinajstić information content (AvgIpc) is 2.91. The molecule has 1 spiro atoms. The average molecular weight is 191 g/mol. The van der Waals surface area contributed by atoms with Crippen LogP contribution in [-0.4, -0.2) is 16.6 Å². The number of fused-ring (bicyclic) bond motifs is 1. The molecule has 3 rings (SSSR count). The van der Waals surface area contributed by atoms with Crippen LogP contribution < -0.4 is 10.1 Å². The Balaban J connectivity index is 2.11. The quantitative estimate of drug-likeness (QED) is 0.649. The second-order valence-corrected chi connectivity index (χ2v) is 3.70. The van der Waals surface area contributed by atoms with Crippen molar-refractivity contribution < 1.29 is 14.6 Å². The highest BCUT2D eigenvalue weighted by molar-refractivity contribution is 6.03. The van der Waals surface area contributed by atoms with Crippen molar-refractivity contribution in [3.63, 3.8) is 0 Å². The van der Waals surface area contributed by atoms with E-state index in [0.29, 0.717) is 11.4 Å². The van der Waals surface area contributed by atoms with Crippen molar-refractivity contribution in [3.05, 3.63) is 18.2 Å². The first-order valence-corrected chi connectivity index (χ1v) is 4.54. The molecule has 0 aromatic heterocycles. The summed E-state index contributed by atoms with van der Waals surface area (Å²) in [5.41, 5.74) is -0.140. The number of anilines is 1. The van der Waals surface area contributed by atoms with E-state index in [1.54, 1.807) is 18.2 Å². The van der Waals surface area contributed by atoms with E-state index < -0.39 is 5.60 Å². The Labute approximate surface area is 80.5 Å². The summed E-state index contributed by atoms with van der Waals surface area (Å²) in [7, 11) is 0. The van der Waals surface area contributed by atoms with Crippen LogP contribution in [0.2, 0.25) is 0 Å². The Morgan fingerprint density at radius 3 is 2.93 bits per heavy atom. The molecule has 2 aliphatic rings. The van der Waals surface area contributed by atoms with Gasteiger partial charge in [-0.1, -0.05) is 6.07 Å². The molecule has 1 aromatic rings. The van der Waals surface area contributed by atoms with Crippen molar-refractivity contribution >= 4 is 11.6 Å². The fraction of sp³-hybridized carbons (Fsp3) is 0.300. The first-order valence-electron chi connectivity index (χ1n) is 4.54. The van der Waals surface area contributed by atoms with E-state index in [4.69, 9.17) is 4.74 Å². The topological polar surface area (TPSA) is 58.6 Å². The molecule has 4 heteroatoms. The standard InChI is InChI=1S/C10H9NO3/c12-7-3-1-2-6-8(7)14-10(4-5-10)9(13)11-6/h1-3,12H,4-5H2,(H,11,13). The van der Waals surface area contributed by atoms with Gasteiger partial charge in [0.05, 0.1) is 5.69 Å². The van der Waals surface area contributed by atoms with Crippen LogP contribution in [0.3, 0.4) is 0 Å². The Kier molecular flexibility index (Phi) is 1.21. The second kappa shape index (κ2) is 2.20. The van der Waals surface area contributed by atoms with Crippen LogP contribution in [0.4, 0.5) is 5.69 Å². The molecule has 0 radical (unpaired) electrons. The number of hydrogen-bond acceptors (Lipinski definition) is 3. The van der Waals surface area contributed by atoms with E-state index in [1.165, 1.54) is 0 Å². The summed E-state index contributed by atoms with van der Waals surface area (Å²) >= 11 is 0. The Morgan fingerprint density at radius 2 is 2.21 bits per heavy atom. The molecule has 0 atom stereocenters. The van der Waals surface area contributed by atoms with Crippen molar-refractivity contribution in [1.82, 2.24) is 0 Å². The third-order valence-corrected chi connectivity index (χ3v) is 2.66. The molecular formula is C10H9NO3. The number of para-hydroxylation sites is 1. The highest BCUT2D eigenvalue weighted by Gasteiger charge is 2.55. The number of aromatic hydroxyl groups is 1. The molecule has 1 aromatic carbocycles. The predicted molar refractivity (Wildman–Crippen MR) is 49.3 cm³/mol. The minimum Gasteiger partial charge on any atom is -0.504 e. The Morgan fingerprint density at radius 1 is 1.43 bits per heavy atom. The van der Waals surface area contributed by atoms with Crippen LogP contribution in [0, 0.1) is 0 Å². The molecule has 14 heavy (non-hydrogen) atoms. The second-order valence-electron chi connectivity index (χ2n) is 3.70. The maximum absolute atomic E-state index is 11.5. The van der Waals surface area contributed by atoms with Gasteiger partial charge in [0, 0.05) is 12.8 Å². The molecule has 0 unspecified atom stereocenters. The molecule has 2 N–H and O–H groups in total. The molecule has 4 nitrogen and oxygen atoms in total. The van der Waals surface area contributed by atoms with E-state index in [2.05, 4.69) is 5.32 Å². The number of rotatable bonds is 0. The number of nitrogens with one attached hydrogen (secondary N) is 1. The molecule has 1 fully saturated rings. The van der Waals surface area contributed by atoms with Crippen LogP contribution in [0.1, 0.15) is 12.8 Å². The zero-order valence-electron chi connectivity index (χ0n) is 7.41. The molecule has 0 bridgehead atoms. The number of hydrogen-bond donors (Lipinski definition) is 2. The third-order valence-electron chi connectivity index (χ3n) is 2.66. The van der Waals surface area contributed by atoms with Crippen LogP contribution in [-0.2, 0) is 4.79 Å². The summed E-state index contributed by atoms with van der Waals surface area (Å²) in [6, 6.07) is 4.93. The largest absolute Gasteiger partial charge is 0.504 e. The van der Waals surface area contributed by atoms with Gasteiger partial charge in [-0.25, -0.2) is 0 Å². The summed E-state index contributed by atoms with van der Waals surface area (Å²) in [5, 5.41) is 12.3. The van der Waals surface area contributed by atoms with Crippen molar-refractivity contribution in [2.24, 2.45) is 0 Å². The fourth-order valence-electron chi connectivity index (χ4n) is 1.65. The van der Waals surface area contributed by atoms with Gasteiger partial charge in [-0.05, 0) is 12.1 Å². The molecule has 72 valence electrons. The summed E-state index contributed by atoms with van der Waals surface area (Å²) in [6.07, 6.45) is 1.46. The third kappa shape index (κ3) is 0.852. The molecule has 1 aliphatic carbocycles. The van der Waals surface area contributed by atoms with Gasteiger partial charge < -0.3 is 15.2 Å². The zero-order valence-corrected chi connectivity index (χ0v) is 7.41. The maximum atomic E-state index is 11.5. The van der Waals surface area contributed by atoms with Gasteiger partial charge in [0.25, 0.3) is 5.91 Å². The van der Waals surface area contributed by atoms with Crippen LogP contribution in [0.5, 0.6) is 11.5 Å². The van der Waals surface area contributed by atoms with Crippen LogP contribution >= 0.6 is 0 Å². The van der Waals surface area contributed by atoms with E-state index in [-0.39, 0.29) is 11.7 Å². The molecular weight excluding hydrogens is 182 g/mol. The lowest BCUT2D eigenvalue weighted by atomic mass is 10.2. The Hall–Kier alpha value is -1.71. The smallest absolute Gasteiger partial charge is 0.268 e. The number of phenols is 1. The monoisotopic (exact) mass is 191 g/mol. The van der Waals surface area contributed by atoms with Gasteiger partial charge in [-0.2, -0.15) is 0 Å². The molecule has 1 saturated carbocycles. The van der Waals surface area contributed by atoms with Crippen LogP contribution in [0.15, 0.2) is 18.2 Å². The van der Waals surface area contributed by atoms with Gasteiger partial charge in [0.15, 0.2) is 17.1 Å². The summed E-state index contributed by atoms with van der Waals surface area (Å²) in [5.74, 6) is 0.369. The van der Waals surface area contributed by atoms with Gasteiger partial charge in [0.2, 0.25) is 0 Å². The predicted octanol–water partition coefficient (Wildman–Crippen LogP) is 1.26. The Bertz CT molecular complexity index is 423. The highest BCUT2D eigenvalue weighted by atomic mass is 16.5. The number of amides is 1. The van der Waals surface area contributed by atoms with Crippen molar-refractivity contribution in [3.8, 4) is 11.5 Å². The van der Waals surface area contributed by atoms with Gasteiger partial charge in [-0.15, -0.1) is 0 Å². The van der Waals surface area contributed by atoms with Crippen molar-refractivity contribution in [1.29, 1.82) is 0 Å². The lowest BCUT2D eigenvalue weighted by Crippen LogP contribution is -2.38. The fourth-order valence-corrected chi connectivity index (χ4v) is 1.65. The molecule has 0 saturated heterocycles. The number of phenolic OH excluding ortho intramolecular Hbond substituents is 1. The van der Waals surface area contributed by atoms with E-state index in [0.717, 1.165) is 12.8 Å². The number of benzene rings is 1. The lowest BCUT2D eigenvalue weighted by Gasteiger charge is -2.25.